The van der Waals surface area contributed by atoms with Crippen LogP contribution >= 0.6 is 0 Å². The van der Waals surface area contributed by atoms with E-state index in [0.717, 1.165) is 55.7 Å². The highest BCUT2D eigenvalue weighted by atomic mass is 16.3. The molecule has 0 fully saturated rings. The van der Waals surface area contributed by atoms with Crippen molar-refractivity contribution in [3.8, 4) is 67.5 Å². The normalized spacial score (nSPS) is 14.4. The largest absolute Gasteiger partial charge is 0.507 e. The van der Waals surface area contributed by atoms with Crippen molar-refractivity contribution in [2.24, 2.45) is 0 Å². The van der Waals surface area contributed by atoms with Crippen LogP contribution in [0, 0.1) is 0 Å². The zero-order chi connectivity index (χ0) is 51.3. The number of pyridine rings is 1. The van der Waals surface area contributed by atoms with Gasteiger partial charge in [-0.1, -0.05) is 174 Å². The van der Waals surface area contributed by atoms with Gasteiger partial charge in [0.1, 0.15) is 11.6 Å². The first kappa shape index (κ1) is 33.4. The van der Waals surface area contributed by atoms with Crippen LogP contribution in [0.25, 0.3) is 72.7 Å². The lowest BCUT2D eigenvalue weighted by Gasteiger charge is -2.28. The Morgan fingerprint density at radius 1 is 0.516 bits per heavy atom. The van der Waals surface area contributed by atoms with Crippen molar-refractivity contribution in [3.63, 3.8) is 0 Å². The van der Waals surface area contributed by atoms with E-state index in [1.165, 1.54) is 0 Å². The molecule has 0 unspecified atom stereocenters. The Morgan fingerprint density at radius 3 is 1.81 bits per heavy atom. The molecule has 0 saturated heterocycles. The van der Waals surface area contributed by atoms with E-state index < -0.39 is 53.3 Å². The summed E-state index contributed by atoms with van der Waals surface area (Å²) in [6, 6.07) is 29.2. The zero-order valence-electron chi connectivity index (χ0n) is 46.0. The second kappa shape index (κ2) is 15.6. The van der Waals surface area contributed by atoms with E-state index in [4.69, 9.17) is 14.6 Å². The van der Waals surface area contributed by atoms with Gasteiger partial charge in [0.05, 0.1) is 33.3 Å². The van der Waals surface area contributed by atoms with Crippen LogP contribution in [-0.4, -0.2) is 19.6 Å². The Labute approximate surface area is 380 Å². The predicted molar refractivity (Wildman–Crippen MR) is 263 cm³/mol. The second-order valence-corrected chi connectivity index (χ2v) is 20.5. The van der Waals surface area contributed by atoms with Gasteiger partial charge in [-0.2, -0.15) is 0 Å². The predicted octanol–water partition coefficient (Wildman–Crippen LogP) is 15.7. The van der Waals surface area contributed by atoms with Crippen molar-refractivity contribution in [3.05, 3.63) is 168 Å². The van der Waals surface area contributed by atoms with Gasteiger partial charge in [0.2, 0.25) is 0 Å². The highest BCUT2D eigenvalue weighted by Gasteiger charge is 2.29. The number of aromatic hydroxyl groups is 1. The molecule has 2 aromatic heterocycles. The fourth-order valence-corrected chi connectivity index (χ4v) is 7.86. The van der Waals surface area contributed by atoms with E-state index in [1.54, 1.807) is 0 Å². The Hall–Kier alpha value is -6.26. The Kier molecular flexibility index (Phi) is 8.39. The van der Waals surface area contributed by atoms with Gasteiger partial charge in [-0.15, -0.1) is 0 Å². The maximum atomic E-state index is 12.5. The number of hydrogen-bond donors (Lipinski definition) is 1. The highest BCUT2D eigenvalue weighted by molar-refractivity contribution is 5.97. The Balaban J connectivity index is 1.49. The summed E-state index contributed by atoms with van der Waals surface area (Å²) in [5.74, 6) is 0.705. The number of nitrogens with zero attached hydrogens (tertiary/aromatic N) is 3. The van der Waals surface area contributed by atoms with Crippen molar-refractivity contribution in [1.82, 2.24) is 14.5 Å². The molecule has 1 N–H and O–H groups in total. The van der Waals surface area contributed by atoms with Gasteiger partial charge in [0.25, 0.3) is 0 Å². The van der Waals surface area contributed by atoms with E-state index in [9.17, 15) is 6.48 Å². The standard InChI is InChI=1S/C58H61N3O/c1-55(2,3)43-30-41(28-42(31-43)50-33-39(26-27-59-50)37-20-15-13-16-21-37)47-24-19-25-51-52(47)60-54(48-35-45(57(7,8)9)36-49(53(48)62)58(10,11)12)61(51)46-32-40(38-22-17-14-18-23-38)29-44(34-46)56(4,5)6/h13-36,62H,1-12H3/i13D,15D,16D,20D,21D,26D,27D,33D. The molecule has 0 aliphatic rings. The number of phenols is 1. The average Bonchev–Trinajstić information content (AvgIpc) is 3.68. The number of aromatic nitrogens is 3. The molecule has 6 aromatic carbocycles. The molecule has 62 heavy (non-hydrogen) atoms. The minimum atomic E-state index is -0.599. The van der Waals surface area contributed by atoms with Gasteiger partial charge >= 0.3 is 0 Å². The summed E-state index contributed by atoms with van der Waals surface area (Å²) >= 11 is 0. The molecule has 8 rings (SSSR count). The van der Waals surface area contributed by atoms with Crippen LogP contribution in [0.5, 0.6) is 5.75 Å². The van der Waals surface area contributed by atoms with Gasteiger partial charge in [-0.25, -0.2) is 4.98 Å². The first-order valence-electron chi connectivity index (χ1n) is 25.3. The van der Waals surface area contributed by atoms with E-state index >= 15 is 0 Å². The highest BCUT2D eigenvalue weighted by Crippen LogP contribution is 2.45. The number of benzene rings is 6. The third-order valence-corrected chi connectivity index (χ3v) is 11.6. The molecule has 4 heteroatoms. The maximum Gasteiger partial charge on any atom is 0.149 e. The van der Waals surface area contributed by atoms with Crippen LogP contribution in [0.3, 0.4) is 0 Å². The number of para-hydroxylation sites is 1. The van der Waals surface area contributed by atoms with Crippen LogP contribution in [-0.2, 0) is 21.7 Å². The molecular weight excluding hydrogens is 755 g/mol. The average molecular weight is 824 g/mol. The van der Waals surface area contributed by atoms with Gasteiger partial charge in [0.15, 0.2) is 0 Å². The third kappa shape index (κ3) is 8.36. The maximum absolute atomic E-state index is 12.5. The van der Waals surface area contributed by atoms with Crippen molar-refractivity contribution in [1.29, 1.82) is 0 Å². The Bertz CT molecular complexity index is 3370. The lowest BCUT2D eigenvalue weighted by molar-refractivity contribution is 0.446. The van der Waals surface area contributed by atoms with Crippen LogP contribution in [0.15, 0.2) is 146 Å². The van der Waals surface area contributed by atoms with Gasteiger partial charge in [-0.05, 0) is 115 Å². The van der Waals surface area contributed by atoms with Crippen LogP contribution in [0.4, 0.5) is 0 Å². The second-order valence-electron chi connectivity index (χ2n) is 20.5. The van der Waals surface area contributed by atoms with Crippen molar-refractivity contribution < 1.29 is 16.1 Å². The SMILES string of the molecule is [2H]c1nc(-c2cc(-c3cccc4c3nc(-c3cc(C(C)(C)C)cc(C(C)(C)C)c3O)n4-c3cc(-c4ccccc4)cc(C(C)(C)C)c3)cc(C(C)(C)C)c2)c([2H])c(-c2c([2H])c([2H])c([2H])c([2H])c2[2H])c1[2H]. The molecule has 314 valence electrons. The topological polar surface area (TPSA) is 50.9 Å². The number of hydrogen-bond acceptors (Lipinski definition) is 3. The van der Waals surface area contributed by atoms with Crippen molar-refractivity contribution in [2.75, 3.05) is 0 Å². The Morgan fingerprint density at radius 2 is 1.15 bits per heavy atom. The lowest BCUT2D eigenvalue weighted by atomic mass is 9.79. The summed E-state index contributed by atoms with van der Waals surface area (Å²) in [5.41, 5.74) is 8.84. The minimum absolute atomic E-state index is 0.0274. The number of rotatable bonds is 6. The minimum Gasteiger partial charge on any atom is -0.507 e. The summed E-state index contributed by atoms with van der Waals surface area (Å²) in [4.78, 5) is 10.1. The fourth-order valence-electron chi connectivity index (χ4n) is 7.86. The molecule has 0 amide bonds. The van der Waals surface area contributed by atoms with E-state index in [1.807, 2.05) is 48.5 Å². The number of phenolic OH excluding ortho intramolecular Hbond substituents is 1. The van der Waals surface area contributed by atoms with Crippen molar-refractivity contribution >= 4 is 11.0 Å². The van der Waals surface area contributed by atoms with Crippen LogP contribution in [0.1, 0.15) is 116 Å². The van der Waals surface area contributed by atoms with Crippen LogP contribution in [0.2, 0.25) is 0 Å². The molecule has 0 radical (unpaired) electrons. The summed E-state index contributed by atoms with van der Waals surface area (Å²) < 4.78 is 71.8. The van der Waals surface area contributed by atoms with Crippen molar-refractivity contribution in [2.45, 2.75) is 105 Å². The monoisotopic (exact) mass is 824 g/mol. The van der Waals surface area contributed by atoms with Gasteiger partial charge in [0, 0.05) is 28.6 Å². The molecule has 0 aliphatic carbocycles. The summed E-state index contributed by atoms with van der Waals surface area (Å²) in [5, 5.41) is 12.5. The van der Waals surface area contributed by atoms with Gasteiger partial charge < -0.3 is 5.11 Å². The zero-order valence-corrected chi connectivity index (χ0v) is 38.0. The quantitative estimate of drug-likeness (QED) is 0.182. The smallest absolute Gasteiger partial charge is 0.149 e. The number of fused-ring (bicyclic) bond motifs is 1. The first-order valence-corrected chi connectivity index (χ1v) is 21.3. The van der Waals surface area contributed by atoms with E-state index in [2.05, 4.69) is 141 Å². The summed E-state index contributed by atoms with van der Waals surface area (Å²) in [6.07, 6.45) is -0.500. The first-order chi connectivity index (χ1) is 32.5. The molecule has 0 saturated carbocycles. The van der Waals surface area contributed by atoms with Crippen LogP contribution < -0.4 is 0 Å². The molecule has 0 spiro atoms. The molecule has 2 heterocycles. The third-order valence-electron chi connectivity index (χ3n) is 11.6. The van der Waals surface area contributed by atoms with Gasteiger partial charge in [-0.3, -0.25) is 9.55 Å². The molecule has 8 aromatic rings. The fraction of sp³-hybridized carbons (Fsp3) is 0.276. The molecule has 4 nitrogen and oxygen atoms in total. The van der Waals surface area contributed by atoms with E-state index in [0.29, 0.717) is 22.5 Å². The molecule has 0 atom stereocenters. The summed E-state index contributed by atoms with van der Waals surface area (Å²) in [6.45, 7) is 25.6. The summed E-state index contributed by atoms with van der Waals surface area (Å²) in [7, 11) is 0. The molecule has 0 bridgehead atoms. The molecule has 0 aliphatic heterocycles. The lowest BCUT2D eigenvalue weighted by Crippen LogP contribution is -2.17. The molecular formula is C58H61N3O. The van der Waals surface area contributed by atoms with E-state index in [-0.39, 0.29) is 39.4 Å². The number of imidazole rings is 1.